The van der Waals surface area contributed by atoms with Crippen LogP contribution >= 0.6 is 0 Å². The Labute approximate surface area is 128 Å². The molecule has 1 rings (SSSR count). The van der Waals surface area contributed by atoms with Gasteiger partial charge in [-0.25, -0.2) is 4.39 Å². The molecule has 0 aliphatic heterocycles. The second kappa shape index (κ2) is 8.81. The maximum atomic E-state index is 14.2. The molecular weight excluding hydrogens is 265 g/mol. The molecule has 0 atom stereocenters. The van der Waals surface area contributed by atoms with Crippen LogP contribution in [0.25, 0.3) is 0 Å². The molecule has 0 amide bonds. The van der Waals surface area contributed by atoms with Crippen LogP contribution in [0.1, 0.15) is 38.8 Å². The highest BCUT2D eigenvalue weighted by atomic mass is 19.1. The molecule has 0 fully saturated rings. The molecule has 0 spiro atoms. The number of halogens is 1. The molecule has 3 heteroatoms. The highest BCUT2D eigenvalue weighted by Gasteiger charge is 2.12. The van der Waals surface area contributed by atoms with E-state index in [1.165, 1.54) is 6.07 Å². The fraction of sp³-hybridized carbons (Fsp3) is 0.556. The first-order valence-corrected chi connectivity index (χ1v) is 7.52. The molecule has 0 bridgehead atoms. The SMILES string of the molecule is CC(C)CN(Cc1ccc(C#CCO)cc1F)CC(C)C. The Morgan fingerprint density at radius 3 is 2.24 bits per heavy atom. The van der Waals surface area contributed by atoms with E-state index in [1.54, 1.807) is 6.07 Å². The fourth-order valence-electron chi connectivity index (χ4n) is 2.37. The number of aliphatic hydroxyl groups is 1. The molecule has 0 heterocycles. The molecule has 21 heavy (non-hydrogen) atoms. The second-order valence-corrected chi connectivity index (χ2v) is 6.25. The van der Waals surface area contributed by atoms with Crippen molar-refractivity contribution < 1.29 is 9.50 Å². The zero-order valence-electron chi connectivity index (χ0n) is 13.5. The quantitative estimate of drug-likeness (QED) is 0.813. The van der Waals surface area contributed by atoms with Gasteiger partial charge in [0.05, 0.1) is 0 Å². The fourth-order valence-corrected chi connectivity index (χ4v) is 2.37. The summed E-state index contributed by atoms with van der Waals surface area (Å²) in [7, 11) is 0. The number of benzene rings is 1. The van der Waals surface area contributed by atoms with E-state index in [1.807, 2.05) is 6.07 Å². The summed E-state index contributed by atoms with van der Waals surface area (Å²) in [6, 6.07) is 5.05. The minimum Gasteiger partial charge on any atom is -0.384 e. The van der Waals surface area contributed by atoms with Gasteiger partial charge in [-0.3, -0.25) is 4.90 Å². The molecule has 1 aromatic carbocycles. The Bertz CT molecular complexity index is 490. The van der Waals surface area contributed by atoms with Gasteiger partial charge in [0.15, 0.2) is 0 Å². The Balaban J connectivity index is 2.83. The van der Waals surface area contributed by atoms with Gasteiger partial charge in [0.1, 0.15) is 12.4 Å². The minimum absolute atomic E-state index is 0.208. The van der Waals surface area contributed by atoms with Gasteiger partial charge in [-0.2, -0.15) is 0 Å². The molecule has 116 valence electrons. The predicted octanol–water partition coefficient (Wildman–Crippen LogP) is 3.28. The Kier molecular flexibility index (Phi) is 7.42. The number of hydrogen-bond donors (Lipinski definition) is 1. The molecule has 2 nitrogen and oxygen atoms in total. The van der Waals surface area contributed by atoms with E-state index in [4.69, 9.17) is 5.11 Å². The maximum Gasteiger partial charge on any atom is 0.128 e. The van der Waals surface area contributed by atoms with Gasteiger partial charge in [0.2, 0.25) is 0 Å². The predicted molar refractivity (Wildman–Crippen MR) is 85.3 cm³/mol. The average Bonchev–Trinajstić information content (AvgIpc) is 2.37. The van der Waals surface area contributed by atoms with Crippen LogP contribution in [0.4, 0.5) is 4.39 Å². The standard InChI is InChI=1S/C18H26FNO/c1-14(2)11-20(12-15(3)4)13-17-8-7-16(6-5-9-21)10-18(17)19/h7-8,10,14-15,21H,9,11-13H2,1-4H3. The maximum absolute atomic E-state index is 14.2. The minimum atomic E-state index is -0.225. The van der Waals surface area contributed by atoms with Gasteiger partial charge in [0.25, 0.3) is 0 Å². The highest BCUT2D eigenvalue weighted by molar-refractivity contribution is 5.37. The van der Waals surface area contributed by atoms with Crippen molar-refractivity contribution in [2.45, 2.75) is 34.2 Å². The third-order valence-corrected chi connectivity index (χ3v) is 3.01. The van der Waals surface area contributed by atoms with Gasteiger partial charge in [0, 0.05) is 30.8 Å². The Morgan fingerprint density at radius 2 is 1.76 bits per heavy atom. The zero-order valence-corrected chi connectivity index (χ0v) is 13.5. The molecule has 0 saturated carbocycles. The van der Waals surface area contributed by atoms with Gasteiger partial charge in [-0.05, 0) is 24.0 Å². The van der Waals surface area contributed by atoms with Gasteiger partial charge in [-0.15, -0.1) is 0 Å². The lowest BCUT2D eigenvalue weighted by molar-refractivity contribution is 0.209. The number of nitrogens with zero attached hydrogens (tertiary/aromatic N) is 1. The summed E-state index contributed by atoms with van der Waals surface area (Å²) in [4.78, 5) is 2.30. The highest BCUT2D eigenvalue weighted by Crippen LogP contribution is 2.15. The number of hydrogen-bond acceptors (Lipinski definition) is 2. The van der Waals surface area contributed by atoms with Crippen LogP contribution < -0.4 is 0 Å². The molecule has 0 aliphatic rings. The van der Waals surface area contributed by atoms with Crippen LogP contribution in [0.2, 0.25) is 0 Å². The van der Waals surface area contributed by atoms with Crippen LogP contribution in [0.3, 0.4) is 0 Å². The summed E-state index contributed by atoms with van der Waals surface area (Å²) in [5, 5.41) is 8.66. The largest absolute Gasteiger partial charge is 0.384 e. The second-order valence-electron chi connectivity index (χ2n) is 6.25. The third-order valence-electron chi connectivity index (χ3n) is 3.01. The van der Waals surface area contributed by atoms with Gasteiger partial charge >= 0.3 is 0 Å². The van der Waals surface area contributed by atoms with E-state index in [0.29, 0.717) is 29.5 Å². The lowest BCUT2D eigenvalue weighted by Gasteiger charge is -2.26. The van der Waals surface area contributed by atoms with E-state index in [9.17, 15) is 4.39 Å². The summed E-state index contributed by atoms with van der Waals surface area (Å²) in [5.74, 6) is 6.15. The molecule has 0 radical (unpaired) electrons. The molecule has 1 aromatic rings. The van der Waals surface area contributed by atoms with Crippen molar-refractivity contribution in [3.05, 3.63) is 35.1 Å². The Hall–Kier alpha value is -1.37. The summed E-state index contributed by atoms with van der Waals surface area (Å²) in [5.41, 5.74) is 1.30. The molecule has 0 aromatic heterocycles. The van der Waals surface area contributed by atoms with Crippen molar-refractivity contribution in [1.82, 2.24) is 4.90 Å². The summed E-state index contributed by atoms with van der Waals surface area (Å²) in [6.07, 6.45) is 0. The first-order valence-electron chi connectivity index (χ1n) is 7.52. The van der Waals surface area contributed by atoms with Gasteiger partial charge in [-0.1, -0.05) is 45.6 Å². The first kappa shape index (κ1) is 17.7. The first-order chi connectivity index (χ1) is 9.92. The number of aliphatic hydroxyl groups excluding tert-OH is 1. The Morgan fingerprint density at radius 1 is 1.14 bits per heavy atom. The van der Waals surface area contributed by atoms with Crippen molar-refractivity contribution in [2.75, 3.05) is 19.7 Å². The smallest absolute Gasteiger partial charge is 0.128 e. The van der Waals surface area contributed by atoms with E-state index in [2.05, 4.69) is 44.4 Å². The summed E-state index contributed by atoms with van der Waals surface area (Å²) < 4.78 is 14.2. The van der Waals surface area contributed by atoms with E-state index < -0.39 is 0 Å². The monoisotopic (exact) mass is 291 g/mol. The molecule has 0 aliphatic carbocycles. The molecule has 0 unspecified atom stereocenters. The van der Waals surface area contributed by atoms with Gasteiger partial charge < -0.3 is 5.11 Å². The van der Waals surface area contributed by atoms with Crippen LogP contribution in [-0.2, 0) is 6.54 Å². The van der Waals surface area contributed by atoms with Crippen molar-refractivity contribution in [3.8, 4) is 11.8 Å². The van der Waals surface area contributed by atoms with Crippen LogP contribution in [0.5, 0.6) is 0 Å². The third kappa shape index (κ3) is 6.75. The molecular formula is C18H26FNO. The van der Waals surface area contributed by atoms with E-state index >= 15 is 0 Å². The lowest BCUT2D eigenvalue weighted by Crippen LogP contribution is -2.31. The van der Waals surface area contributed by atoms with E-state index in [-0.39, 0.29) is 12.4 Å². The normalized spacial score (nSPS) is 11.1. The summed E-state index contributed by atoms with van der Waals surface area (Å²) in [6.45, 7) is 11.0. The van der Waals surface area contributed by atoms with Crippen LogP contribution in [-0.4, -0.2) is 29.7 Å². The van der Waals surface area contributed by atoms with Crippen molar-refractivity contribution in [1.29, 1.82) is 0 Å². The lowest BCUT2D eigenvalue weighted by atomic mass is 10.1. The number of rotatable bonds is 6. The topological polar surface area (TPSA) is 23.5 Å². The van der Waals surface area contributed by atoms with Crippen molar-refractivity contribution in [3.63, 3.8) is 0 Å². The zero-order chi connectivity index (χ0) is 15.8. The summed E-state index contributed by atoms with van der Waals surface area (Å²) >= 11 is 0. The molecule has 1 N–H and O–H groups in total. The van der Waals surface area contributed by atoms with E-state index in [0.717, 1.165) is 13.1 Å². The van der Waals surface area contributed by atoms with Crippen molar-refractivity contribution in [2.24, 2.45) is 11.8 Å². The average molecular weight is 291 g/mol. The molecule has 0 saturated heterocycles. The van der Waals surface area contributed by atoms with Crippen LogP contribution in [0.15, 0.2) is 18.2 Å². The van der Waals surface area contributed by atoms with Crippen molar-refractivity contribution >= 4 is 0 Å². The van der Waals surface area contributed by atoms with Crippen LogP contribution in [0, 0.1) is 29.5 Å².